The van der Waals surface area contributed by atoms with Crippen LogP contribution in [0.1, 0.15) is 28.9 Å². The Bertz CT molecular complexity index is 993. The Kier molecular flexibility index (Phi) is 5.51. The maximum absolute atomic E-state index is 13.0. The van der Waals surface area contributed by atoms with Crippen LogP contribution in [0.15, 0.2) is 60.7 Å². The van der Waals surface area contributed by atoms with Crippen LogP contribution in [-0.2, 0) is 0 Å². The molecule has 0 bridgehead atoms. The first-order chi connectivity index (χ1) is 13.6. The van der Waals surface area contributed by atoms with E-state index in [1.165, 1.54) is 5.39 Å². The van der Waals surface area contributed by atoms with E-state index >= 15 is 0 Å². The van der Waals surface area contributed by atoms with Gasteiger partial charge >= 0.3 is 0 Å². The number of benzene rings is 3. The summed E-state index contributed by atoms with van der Waals surface area (Å²) in [6.07, 6.45) is 0. The van der Waals surface area contributed by atoms with Gasteiger partial charge in [-0.3, -0.25) is 4.79 Å². The predicted molar refractivity (Wildman–Crippen MR) is 116 cm³/mol. The summed E-state index contributed by atoms with van der Waals surface area (Å²) in [6.45, 7) is 5.75. The van der Waals surface area contributed by atoms with Crippen LogP contribution in [0.4, 0.5) is 5.69 Å². The van der Waals surface area contributed by atoms with Gasteiger partial charge in [-0.05, 0) is 41.5 Å². The van der Waals surface area contributed by atoms with E-state index in [2.05, 4.69) is 39.8 Å². The molecule has 0 unspecified atom stereocenters. The van der Waals surface area contributed by atoms with Gasteiger partial charge in [-0.1, -0.05) is 54.1 Å². The van der Waals surface area contributed by atoms with Crippen molar-refractivity contribution in [1.29, 1.82) is 0 Å². The van der Waals surface area contributed by atoms with Crippen molar-refractivity contribution in [2.24, 2.45) is 0 Å². The molecule has 0 radical (unpaired) electrons. The van der Waals surface area contributed by atoms with E-state index in [-0.39, 0.29) is 11.9 Å². The van der Waals surface area contributed by atoms with Crippen molar-refractivity contribution in [2.75, 3.05) is 31.1 Å². The monoisotopic (exact) mass is 393 g/mol. The van der Waals surface area contributed by atoms with Gasteiger partial charge < -0.3 is 15.5 Å². The predicted octanol–water partition coefficient (Wildman–Crippen LogP) is 4.39. The number of fused-ring (bicyclic) bond motifs is 1. The molecule has 1 saturated heterocycles. The highest BCUT2D eigenvalue weighted by Gasteiger charge is 2.18. The van der Waals surface area contributed by atoms with E-state index in [1.54, 1.807) is 0 Å². The molecule has 5 heteroatoms. The summed E-state index contributed by atoms with van der Waals surface area (Å²) < 4.78 is 0. The first kappa shape index (κ1) is 18.8. The quantitative estimate of drug-likeness (QED) is 0.690. The van der Waals surface area contributed by atoms with Crippen molar-refractivity contribution >= 4 is 34.0 Å². The van der Waals surface area contributed by atoms with Gasteiger partial charge in [-0.25, -0.2) is 0 Å². The minimum Gasteiger partial charge on any atom is -0.369 e. The maximum atomic E-state index is 13.0. The molecule has 0 aliphatic carbocycles. The zero-order valence-corrected chi connectivity index (χ0v) is 16.7. The zero-order chi connectivity index (χ0) is 19.5. The van der Waals surface area contributed by atoms with Gasteiger partial charge in [-0.15, -0.1) is 0 Å². The highest BCUT2D eigenvalue weighted by Crippen LogP contribution is 2.27. The number of halogens is 1. The van der Waals surface area contributed by atoms with E-state index < -0.39 is 0 Å². The highest BCUT2D eigenvalue weighted by molar-refractivity contribution is 6.34. The van der Waals surface area contributed by atoms with Crippen LogP contribution in [-0.4, -0.2) is 32.1 Å². The molecule has 1 heterocycles. The molecule has 3 aromatic rings. The van der Waals surface area contributed by atoms with Crippen LogP contribution in [0, 0.1) is 0 Å². The largest absolute Gasteiger partial charge is 0.369 e. The molecule has 28 heavy (non-hydrogen) atoms. The van der Waals surface area contributed by atoms with Crippen LogP contribution in [0.5, 0.6) is 0 Å². The number of hydrogen-bond donors (Lipinski definition) is 2. The molecule has 0 spiro atoms. The van der Waals surface area contributed by atoms with Crippen molar-refractivity contribution in [3.05, 3.63) is 76.8 Å². The third-order valence-electron chi connectivity index (χ3n) is 5.31. The van der Waals surface area contributed by atoms with Gasteiger partial charge in [0.05, 0.1) is 16.6 Å². The van der Waals surface area contributed by atoms with Crippen LogP contribution >= 0.6 is 11.6 Å². The summed E-state index contributed by atoms with van der Waals surface area (Å²) in [5.74, 6) is -0.151. The molecular formula is C23H24ClN3O. The highest BCUT2D eigenvalue weighted by atomic mass is 35.5. The molecule has 1 aliphatic heterocycles. The first-order valence-corrected chi connectivity index (χ1v) is 10.0. The lowest BCUT2D eigenvalue weighted by Crippen LogP contribution is -2.43. The summed E-state index contributed by atoms with van der Waals surface area (Å²) in [6, 6.07) is 20.0. The molecule has 2 N–H and O–H groups in total. The number of nitrogens with zero attached hydrogens (tertiary/aromatic N) is 1. The summed E-state index contributed by atoms with van der Waals surface area (Å²) in [5.41, 5.74) is 2.65. The molecule has 0 saturated carbocycles. The van der Waals surface area contributed by atoms with E-state index in [0.29, 0.717) is 10.6 Å². The minimum absolute atomic E-state index is 0.127. The Morgan fingerprint density at radius 1 is 1.07 bits per heavy atom. The summed E-state index contributed by atoms with van der Waals surface area (Å²) in [4.78, 5) is 15.3. The van der Waals surface area contributed by atoms with Gasteiger partial charge in [-0.2, -0.15) is 0 Å². The van der Waals surface area contributed by atoms with E-state index in [4.69, 9.17) is 11.6 Å². The lowest BCUT2D eigenvalue weighted by Gasteiger charge is -2.30. The number of rotatable bonds is 4. The number of nitrogens with one attached hydrogen (secondary N) is 2. The van der Waals surface area contributed by atoms with Gasteiger partial charge in [0.25, 0.3) is 5.91 Å². The molecule has 3 aromatic carbocycles. The fourth-order valence-corrected chi connectivity index (χ4v) is 3.99. The third kappa shape index (κ3) is 3.84. The molecule has 1 amide bonds. The van der Waals surface area contributed by atoms with Crippen LogP contribution in [0.2, 0.25) is 5.02 Å². The van der Waals surface area contributed by atoms with Crippen molar-refractivity contribution in [3.63, 3.8) is 0 Å². The third-order valence-corrected chi connectivity index (χ3v) is 5.64. The second-order valence-electron chi connectivity index (χ2n) is 7.16. The normalized spacial score (nSPS) is 15.4. The molecule has 4 rings (SSSR count). The Morgan fingerprint density at radius 3 is 2.64 bits per heavy atom. The fourth-order valence-electron chi connectivity index (χ4n) is 3.79. The van der Waals surface area contributed by atoms with Gasteiger partial charge in [0.2, 0.25) is 0 Å². The smallest absolute Gasteiger partial charge is 0.253 e. The first-order valence-electron chi connectivity index (χ1n) is 9.67. The molecular weight excluding hydrogens is 370 g/mol. The Morgan fingerprint density at radius 2 is 1.82 bits per heavy atom. The Balaban J connectivity index is 1.57. The number of amides is 1. The molecule has 1 aliphatic rings. The summed E-state index contributed by atoms with van der Waals surface area (Å²) in [7, 11) is 0. The maximum Gasteiger partial charge on any atom is 0.253 e. The van der Waals surface area contributed by atoms with Crippen molar-refractivity contribution in [1.82, 2.24) is 10.6 Å². The van der Waals surface area contributed by atoms with E-state index in [9.17, 15) is 4.79 Å². The van der Waals surface area contributed by atoms with Crippen LogP contribution < -0.4 is 15.5 Å². The van der Waals surface area contributed by atoms with Crippen molar-refractivity contribution < 1.29 is 4.79 Å². The lowest BCUT2D eigenvalue weighted by atomic mass is 9.99. The Labute approximate surface area is 170 Å². The molecule has 0 aromatic heterocycles. The van der Waals surface area contributed by atoms with Crippen molar-refractivity contribution in [3.8, 4) is 0 Å². The SMILES string of the molecule is C[C@@H](NC(=O)c1cc(N2CCNCC2)ccc1Cl)c1cccc2ccccc12. The molecule has 4 nitrogen and oxygen atoms in total. The lowest BCUT2D eigenvalue weighted by molar-refractivity contribution is 0.0940. The average Bonchev–Trinajstić information content (AvgIpc) is 2.74. The van der Waals surface area contributed by atoms with Crippen molar-refractivity contribution in [2.45, 2.75) is 13.0 Å². The van der Waals surface area contributed by atoms with Crippen LogP contribution in [0.25, 0.3) is 10.8 Å². The van der Waals surface area contributed by atoms with E-state index in [0.717, 1.165) is 42.8 Å². The van der Waals surface area contributed by atoms with Crippen LogP contribution in [0.3, 0.4) is 0 Å². The number of hydrogen-bond acceptors (Lipinski definition) is 3. The topological polar surface area (TPSA) is 44.4 Å². The molecule has 144 valence electrons. The minimum atomic E-state index is -0.151. The fraction of sp³-hybridized carbons (Fsp3) is 0.261. The van der Waals surface area contributed by atoms with E-state index in [1.807, 2.05) is 43.3 Å². The number of carbonyl (C=O) groups excluding carboxylic acids is 1. The number of piperazine rings is 1. The van der Waals surface area contributed by atoms with Gasteiger partial charge in [0.1, 0.15) is 0 Å². The molecule has 1 atom stereocenters. The standard InChI is InChI=1S/C23H24ClN3O/c1-16(19-8-4-6-17-5-2-3-7-20(17)19)26-23(28)21-15-18(9-10-22(21)24)27-13-11-25-12-14-27/h2-10,15-16,25H,11-14H2,1H3,(H,26,28)/t16-/m1/s1. The number of carbonyl (C=O) groups is 1. The van der Waals surface area contributed by atoms with Gasteiger partial charge in [0, 0.05) is 31.9 Å². The second-order valence-corrected chi connectivity index (χ2v) is 7.57. The zero-order valence-electron chi connectivity index (χ0n) is 15.9. The average molecular weight is 394 g/mol. The second kappa shape index (κ2) is 8.21. The number of anilines is 1. The summed E-state index contributed by atoms with van der Waals surface area (Å²) in [5, 5.41) is 9.26. The van der Waals surface area contributed by atoms with Gasteiger partial charge in [0.15, 0.2) is 0 Å². The molecule has 1 fully saturated rings. The summed E-state index contributed by atoms with van der Waals surface area (Å²) >= 11 is 6.36. The Hall–Kier alpha value is -2.56.